The van der Waals surface area contributed by atoms with Crippen LogP contribution in [0, 0.1) is 5.92 Å². The number of carbonyl (C=O) groups excluding carboxylic acids is 2. The number of nitrogens with one attached hydrogen (secondary N) is 2. The van der Waals surface area contributed by atoms with Crippen LogP contribution in [-0.2, 0) is 9.59 Å². The Kier molecular flexibility index (Phi) is 7.46. The summed E-state index contributed by atoms with van der Waals surface area (Å²) in [6.07, 6.45) is 1.12. The Morgan fingerprint density at radius 3 is 2.43 bits per heavy atom. The van der Waals surface area contributed by atoms with Gasteiger partial charge in [-0.3, -0.25) is 9.59 Å². The molecule has 1 rings (SSSR count). The van der Waals surface area contributed by atoms with Gasteiger partial charge in [-0.25, -0.2) is 0 Å². The van der Waals surface area contributed by atoms with E-state index in [0.717, 1.165) is 5.56 Å². The topological polar surface area (TPSA) is 84.2 Å². The molecule has 1 aromatic rings. The quantitative estimate of drug-likeness (QED) is 0.632. The normalized spacial score (nSPS) is 12.0. The molecular weight excluding hydrogens is 266 g/mol. The van der Waals surface area contributed by atoms with E-state index in [1.807, 2.05) is 44.2 Å². The number of hydrogen-bond acceptors (Lipinski definition) is 3. The van der Waals surface area contributed by atoms with E-state index in [2.05, 4.69) is 10.6 Å². The Bertz CT molecular complexity index is 446. The van der Waals surface area contributed by atoms with Gasteiger partial charge in [0.2, 0.25) is 11.8 Å². The minimum Gasteiger partial charge on any atom is -0.354 e. The standard InChI is InChI=1S/C16H25N3O2/c1-12(2)11-14(20)19-15(13-7-4-3-5-8-13)16(21)18-10-6-9-17/h3-5,7-8,12,15H,6,9-11,17H2,1-2H3,(H,18,21)(H,19,20). The average Bonchev–Trinajstić information content (AvgIpc) is 2.45. The predicted octanol–water partition coefficient (Wildman–Crippen LogP) is 1.36. The van der Waals surface area contributed by atoms with Crippen molar-refractivity contribution in [3.05, 3.63) is 35.9 Å². The second-order valence-electron chi connectivity index (χ2n) is 5.44. The van der Waals surface area contributed by atoms with Crippen LogP contribution in [0.3, 0.4) is 0 Å². The second kappa shape index (κ2) is 9.13. The molecule has 2 amide bonds. The Balaban J connectivity index is 2.75. The highest BCUT2D eigenvalue weighted by Crippen LogP contribution is 2.13. The number of nitrogens with two attached hydrogens (primary N) is 1. The van der Waals surface area contributed by atoms with E-state index in [1.165, 1.54) is 0 Å². The van der Waals surface area contributed by atoms with Crippen LogP contribution in [0.15, 0.2) is 30.3 Å². The molecule has 0 bridgehead atoms. The molecule has 5 nitrogen and oxygen atoms in total. The average molecular weight is 291 g/mol. The lowest BCUT2D eigenvalue weighted by Gasteiger charge is -2.19. The van der Waals surface area contributed by atoms with Crippen molar-refractivity contribution in [2.45, 2.75) is 32.7 Å². The lowest BCUT2D eigenvalue weighted by Crippen LogP contribution is -2.41. The van der Waals surface area contributed by atoms with Crippen LogP contribution in [0.4, 0.5) is 0 Å². The molecule has 5 heteroatoms. The van der Waals surface area contributed by atoms with Gasteiger partial charge in [-0.1, -0.05) is 44.2 Å². The third-order valence-electron chi connectivity index (χ3n) is 2.97. The van der Waals surface area contributed by atoms with Crippen LogP contribution >= 0.6 is 0 Å². The number of carbonyl (C=O) groups is 2. The van der Waals surface area contributed by atoms with Gasteiger partial charge in [0.15, 0.2) is 0 Å². The zero-order valence-electron chi connectivity index (χ0n) is 12.8. The van der Waals surface area contributed by atoms with Crippen molar-refractivity contribution in [2.24, 2.45) is 11.7 Å². The highest BCUT2D eigenvalue weighted by molar-refractivity contribution is 5.88. The van der Waals surface area contributed by atoms with Crippen LogP contribution in [0.25, 0.3) is 0 Å². The second-order valence-corrected chi connectivity index (χ2v) is 5.44. The third kappa shape index (κ3) is 6.40. The minimum atomic E-state index is -0.657. The van der Waals surface area contributed by atoms with Gasteiger partial charge in [-0.2, -0.15) is 0 Å². The molecule has 0 radical (unpaired) electrons. The van der Waals surface area contributed by atoms with Crippen LogP contribution in [0.5, 0.6) is 0 Å². The summed E-state index contributed by atoms with van der Waals surface area (Å²) in [7, 11) is 0. The summed E-state index contributed by atoms with van der Waals surface area (Å²) in [5.41, 5.74) is 6.19. The predicted molar refractivity (Wildman–Crippen MR) is 83.5 cm³/mol. The SMILES string of the molecule is CC(C)CC(=O)NC(C(=O)NCCCN)c1ccccc1. The van der Waals surface area contributed by atoms with Gasteiger partial charge in [-0.05, 0) is 24.4 Å². The van der Waals surface area contributed by atoms with E-state index in [9.17, 15) is 9.59 Å². The molecule has 0 aliphatic heterocycles. The fourth-order valence-electron chi connectivity index (χ4n) is 1.95. The smallest absolute Gasteiger partial charge is 0.247 e. The van der Waals surface area contributed by atoms with Crippen molar-refractivity contribution in [2.75, 3.05) is 13.1 Å². The van der Waals surface area contributed by atoms with Crippen LogP contribution in [0.1, 0.15) is 38.3 Å². The first-order chi connectivity index (χ1) is 10.0. The minimum absolute atomic E-state index is 0.118. The summed E-state index contributed by atoms with van der Waals surface area (Å²) in [5.74, 6) is -0.0682. The molecule has 0 saturated carbocycles. The van der Waals surface area contributed by atoms with E-state index < -0.39 is 6.04 Å². The van der Waals surface area contributed by atoms with Gasteiger partial charge in [0.05, 0.1) is 0 Å². The molecule has 0 aromatic heterocycles. The molecule has 1 unspecified atom stereocenters. The van der Waals surface area contributed by atoms with Crippen molar-refractivity contribution >= 4 is 11.8 Å². The molecule has 0 heterocycles. The molecule has 1 atom stereocenters. The number of rotatable bonds is 8. The summed E-state index contributed by atoms with van der Waals surface area (Å²) >= 11 is 0. The molecule has 116 valence electrons. The largest absolute Gasteiger partial charge is 0.354 e. The molecule has 0 spiro atoms. The fraction of sp³-hybridized carbons (Fsp3) is 0.500. The van der Waals surface area contributed by atoms with E-state index in [-0.39, 0.29) is 17.7 Å². The van der Waals surface area contributed by atoms with Crippen molar-refractivity contribution in [1.29, 1.82) is 0 Å². The zero-order chi connectivity index (χ0) is 15.7. The van der Waals surface area contributed by atoms with E-state index >= 15 is 0 Å². The molecule has 21 heavy (non-hydrogen) atoms. The van der Waals surface area contributed by atoms with Crippen molar-refractivity contribution in [3.8, 4) is 0 Å². The molecule has 0 saturated heterocycles. The Morgan fingerprint density at radius 2 is 1.86 bits per heavy atom. The van der Waals surface area contributed by atoms with Gasteiger partial charge in [0.25, 0.3) is 0 Å². The Hall–Kier alpha value is -1.88. The van der Waals surface area contributed by atoms with E-state index in [0.29, 0.717) is 25.9 Å². The first-order valence-electron chi connectivity index (χ1n) is 7.36. The highest BCUT2D eigenvalue weighted by Gasteiger charge is 2.22. The summed E-state index contributed by atoms with van der Waals surface area (Å²) in [5, 5.41) is 5.62. The summed E-state index contributed by atoms with van der Waals surface area (Å²) in [4.78, 5) is 24.2. The van der Waals surface area contributed by atoms with Gasteiger partial charge < -0.3 is 16.4 Å². The first-order valence-corrected chi connectivity index (χ1v) is 7.36. The third-order valence-corrected chi connectivity index (χ3v) is 2.97. The van der Waals surface area contributed by atoms with Crippen molar-refractivity contribution in [3.63, 3.8) is 0 Å². The van der Waals surface area contributed by atoms with Gasteiger partial charge in [0, 0.05) is 13.0 Å². The monoisotopic (exact) mass is 291 g/mol. The lowest BCUT2D eigenvalue weighted by molar-refractivity contribution is -0.129. The van der Waals surface area contributed by atoms with E-state index in [1.54, 1.807) is 0 Å². The molecule has 0 aliphatic carbocycles. The fourth-order valence-corrected chi connectivity index (χ4v) is 1.95. The Labute approximate surface area is 126 Å². The van der Waals surface area contributed by atoms with Crippen molar-refractivity contribution < 1.29 is 9.59 Å². The lowest BCUT2D eigenvalue weighted by atomic mass is 10.0. The van der Waals surface area contributed by atoms with Crippen molar-refractivity contribution in [1.82, 2.24) is 10.6 Å². The van der Waals surface area contributed by atoms with Crippen LogP contribution < -0.4 is 16.4 Å². The molecule has 4 N–H and O–H groups in total. The number of hydrogen-bond donors (Lipinski definition) is 3. The van der Waals surface area contributed by atoms with Gasteiger partial charge in [-0.15, -0.1) is 0 Å². The van der Waals surface area contributed by atoms with Gasteiger partial charge in [0.1, 0.15) is 6.04 Å². The molecule has 1 aromatic carbocycles. The van der Waals surface area contributed by atoms with E-state index in [4.69, 9.17) is 5.73 Å². The zero-order valence-corrected chi connectivity index (χ0v) is 12.8. The number of benzene rings is 1. The summed E-state index contributed by atoms with van der Waals surface area (Å²) in [6, 6.07) is 8.60. The maximum absolute atomic E-state index is 12.3. The summed E-state index contributed by atoms with van der Waals surface area (Å²) < 4.78 is 0. The summed E-state index contributed by atoms with van der Waals surface area (Å²) in [6.45, 7) is 4.98. The highest BCUT2D eigenvalue weighted by atomic mass is 16.2. The molecule has 0 aliphatic rings. The number of amides is 2. The molecule has 0 fully saturated rings. The van der Waals surface area contributed by atoms with Crippen LogP contribution in [-0.4, -0.2) is 24.9 Å². The molecular formula is C16H25N3O2. The Morgan fingerprint density at radius 1 is 1.19 bits per heavy atom. The van der Waals surface area contributed by atoms with Crippen LogP contribution in [0.2, 0.25) is 0 Å². The van der Waals surface area contributed by atoms with Gasteiger partial charge >= 0.3 is 0 Å². The maximum Gasteiger partial charge on any atom is 0.247 e. The first kappa shape index (κ1) is 17.2. The maximum atomic E-state index is 12.3.